The van der Waals surface area contributed by atoms with Crippen LogP contribution in [0.4, 0.5) is 0 Å². The summed E-state index contributed by atoms with van der Waals surface area (Å²) >= 11 is 0. The third-order valence-corrected chi connectivity index (χ3v) is 3.96. The molecule has 0 bridgehead atoms. The van der Waals surface area contributed by atoms with Gasteiger partial charge in [-0.1, -0.05) is 0 Å². The second-order valence-corrected chi connectivity index (χ2v) is 5.50. The molecule has 1 N–H and O–H groups in total. The maximum Gasteiger partial charge on any atom is 0.255 e. The van der Waals surface area contributed by atoms with Crippen molar-refractivity contribution in [2.75, 3.05) is 6.54 Å². The Hall–Kier alpha value is -2.80. The minimum absolute atomic E-state index is 0.0796. The summed E-state index contributed by atoms with van der Waals surface area (Å²) in [5.74, 6) is 1.39. The van der Waals surface area contributed by atoms with Crippen molar-refractivity contribution in [2.24, 2.45) is 0 Å². The summed E-state index contributed by atoms with van der Waals surface area (Å²) in [4.78, 5) is 30.0. The van der Waals surface area contributed by atoms with Crippen molar-refractivity contribution in [3.63, 3.8) is 0 Å². The monoisotopic (exact) mass is 309 g/mol. The molecule has 3 aromatic rings. The Morgan fingerprint density at radius 2 is 2.13 bits per heavy atom. The molecular formula is C16H15N5O2. The van der Waals surface area contributed by atoms with Crippen molar-refractivity contribution in [3.8, 4) is 11.4 Å². The van der Waals surface area contributed by atoms with Crippen LogP contribution in [0, 0.1) is 0 Å². The van der Waals surface area contributed by atoms with Crippen LogP contribution in [0.5, 0.6) is 0 Å². The van der Waals surface area contributed by atoms with Crippen LogP contribution < -0.4 is 5.56 Å². The molecule has 0 atom stereocenters. The number of oxazole rings is 1. The number of fused-ring (bicyclic) bond motifs is 1. The van der Waals surface area contributed by atoms with Gasteiger partial charge in [0, 0.05) is 37.5 Å². The first kappa shape index (κ1) is 13.8. The summed E-state index contributed by atoms with van der Waals surface area (Å²) in [5.41, 5.74) is 2.39. The highest BCUT2D eigenvalue weighted by Crippen LogP contribution is 2.19. The Kier molecular flexibility index (Phi) is 3.47. The smallest absolute Gasteiger partial charge is 0.255 e. The number of aromatic nitrogens is 4. The Morgan fingerprint density at radius 1 is 1.26 bits per heavy atom. The van der Waals surface area contributed by atoms with Gasteiger partial charge in [0.15, 0.2) is 6.39 Å². The van der Waals surface area contributed by atoms with Crippen LogP contribution in [0.1, 0.15) is 17.0 Å². The van der Waals surface area contributed by atoms with Gasteiger partial charge in [-0.15, -0.1) is 0 Å². The standard InChI is InChI=1S/C16H15N5O2/c22-16-13-9-21(8-12-7-18-10-23-12)6-3-14(13)19-15(20-16)11-1-4-17-5-2-11/h1-2,4-5,7,10H,3,6,8-9H2,(H,19,20,22). The molecule has 116 valence electrons. The van der Waals surface area contributed by atoms with Gasteiger partial charge >= 0.3 is 0 Å². The van der Waals surface area contributed by atoms with E-state index < -0.39 is 0 Å². The highest BCUT2D eigenvalue weighted by molar-refractivity contribution is 5.54. The maximum atomic E-state index is 12.4. The van der Waals surface area contributed by atoms with Crippen LogP contribution >= 0.6 is 0 Å². The topological polar surface area (TPSA) is 87.9 Å². The van der Waals surface area contributed by atoms with E-state index in [0.717, 1.165) is 35.5 Å². The molecule has 0 spiro atoms. The Labute approximate surface area is 132 Å². The quantitative estimate of drug-likeness (QED) is 0.786. The van der Waals surface area contributed by atoms with Crippen LogP contribution in [0.25, 0.3) is 11.4 Å². The van der Waals surface area contributed by atoms with Gasteiger partial charge in [0.25, 0.3) is 5.56 Å². The SMILES string of the molecule is O=c1[nH]c(-c2ccncc2)nc2c1CN(Cc1cnco1)CC2. The summed E-state index contributed by atoms with van der Waals surface area (Å²) in [6.07, 6.45) is 7.24. The fourth-order valence-electron chi connectivity index (χ4n) is 2.80. The molecule has 4 heterocycles. The van der Waals surface area contributed by atoms with Crippen molar-refractivity contribution in [1.29, 1.82) is 0 Å². The number of nitrogens with one attached hydrogen (secondary N) is 1. The normalized spacial score (nSPS) is 14.6. The van der Waals surface area contributed by atoms with Crippen LogP contribution in [-0.2, 0) is 19.5 Å². The first-order chi connectivity index (χ1) is 11.3. The molecule has 0 aliphatic carbocycles. The largest absolute Gasteiger partial charge is 0.447 e. The number of pyridine rings is 1. The number of rotatable bonds is 3. The van der Waals surface area contributed by atoms with Gasteiger partial charge in [0.1, 0.15) is 11.6 Å². The van der Waals surface area contributed by atoms with Gasteiger partial charge in [-0.05, 0) is 12.1 Å². The van der Waals surface area contributed by atoms with E-state index in [-0.39, 0.29) is 5.56 Å². The average Bonchev–Trinajstić information content (AvgIpc) is 3.09. The third-order valence-electron chi connectivity index (χ3n) is 3.96. The molecule has 1 aliphatic rings. The summed E-state index contributed by atoms with van der Waals surface area (Å²) in [5, 5.41) is 0. The van der Waals surface area contributed by atoms with Crippen molar-refractivity contribution < 1.29 is 4.42 Å². The lowest BCUT2D eigenvalue weighted by Crippen LogP contribution is -2.35. The zero-order chi connectivity index (χ0) is 15.6. The van der Waals surface area contributed by atoms with Crippen LogP contribution in [-0.4, -0.2) is 31.4 Å². The van der Waals surface area contributed by atoms with Crippen LogP contribution in [0.15, 0.2) is 46.3 Å². The van der Waals surface area contributed by atoms with Gasteiger partial charge in [-0.2, -0.15) is 0 Å². The van der Waals surface area contributed by atoms with Crippen LogP contribution in [0.3, 0.4) is 0 Å². The van der Waals surface area contributed by atoms with E-state index in [1.807, 2.05) is 12.1 Å². The van der Waals surface area contributed by atoms with E-state index in [4.69, 9.17) is 4.42 Å². The van der Waals surface area contributed by atoms with Gasteiger partial charge < -0.3 is 9.40 Å². The minimum atomic E-state index is -0.0796. The van der Waals surface area contributed by atoms with Crippen molar-refractivity contribution in [1.82, 2.24) is 24.8 Å². The molecule has 0 amide bonds. The number of aromatic amines is 1. The van der Waals surface area contributed by atoms with E-state index >= 15 is 0 Å². The number of nitrogens with zero attached hydrogens (tertiary/aromatic N) is 4. The lowest BCUT2D eigenvalue weighted by atomic mass is 10.1. The zero-order valence-corrected chi connectivity index (χ0v) is 12.4. The van der Waals surface area contributed by atoms with Crippen molar-refractivity contribution in [2.45, 2.75) is 19.5 Å². The average molecular weight is 309 g/mol. The Balaban J connectivity index is 1.62. The number of hydrogen-bond acceptors (Lipinski definition) is 6. The zero-order valence-electron chi connectivity index (χ0n) is 12.4. The predicted molar refractivity (Wildman–Crippen MR) is 82.4 cm³/mol. The molecule has 0 unspecified atom stereocenters. The van der Waals surface area contributed by atoms with Gasteiger partial charge in [0.2, 0.25) is 0 Å². The van der Waals surface area contributed by atoms with Crippen molar-refractivity contribution in [3.05, 3.63) is 64.5 Å². The van der Waals surface area contributed by atoms with E-state index in [9.17, 15) is 4.79 Å². The van der Waals surface area contributed by atoms with Gasteiger partial charge in [0.05, 0.1) is 24.0 Å². The van der Waals surface area contributed by atoms with E-state index in [0.29, 0.717) is 18.9 Å². The number of H-pyrrole nitrogens is 1. The third kappa shape index (κ3) is 2.78. The molecule has 0 fully saturated rings. The van der Waals surface area contributed by atoms with Gasteiger partial charge in [-0.25, -0.2) is 9.97 Å². The molecule has 7 heteroatoms. The lowest BCUT2D eigenvalue weighted by molar-refractivity contribution is 0.222. The van der Waals surface area contributed by atoms with E-state index in [1.54, 1.807) is 18.6 Å². The molecule has 1 aliphatic heterocycles. The highest BCUT2D eigenvalue weighted by Gasteiger charge is 2.22. The second kappa shape index (κ2) is 5.77. The number of hydrogen-bond donors (Lipinski definition) is 1. The fourth-order valence-corrected chi connectivity index (χ4v) is 2.80. The highest BCUT2D eigenvalue weighted by atomic mass is 16.3. The van der Waals surface area contributed by atoms with Gasteiger partial charge in [-0.3, -0.25) is 14.7 Å². The lowest BCUT2D eigenvalue weighted by Gasteiger charge is -2.26. The molecule has 0 aromatic carbocycles. The summed E-state index contributed by atoms with van der Waals surface area (Å²) in [7, 11) is 0. The molecule has 7 nitrogen and oxygen atoms in total. The maximum absolute atomic E-state index is 12.4. The van der Waals surface area contributed by atoms with Crippen LogP contribution in [0.2, 0.25) is 0 Å². The fraction of sp³-hybridized carbons (Fsp3) is 0.250. The van der Waals surface area contributed by atoms with E-state index in [1.165, 1.54) is 6.39 Å². The summed E-state index contributed by atoms with van der Waals surface area (Å²) in [6.45, 7) is 2.04. The summed E-state index contributed by atoms with van der Waals surface area (Å²) in [6, 6.07) is 3.67. The second-order valence-electron chi connectivity index (χ2n) is 5.50. The summed E-state index contributed by atoms with van der Waals surface area (Å²) < 4.78 is 5.27. The van der Waals surface area contributed by atoms with Crippen molar-refractivity contribution >= 4 is 0 Å². The molecule has 0 saturated heterocycles. The predicted octanol–water partition coefficient (Wildman–Crippen LogP) is 1.38. The first-order valence-electron chi connectivity index (χ1n) is 7.42. The molecular weight excluding hydrogens is 294 g/mol. The molecule has 23 heavy (non-hydrogen) atoms. The molecule has 0 radical (unpaired) electrons. The molecule has 3 aromatic heterocycles. The Morgan fingerprint density at radius 3 is 2.91 bits per heavy atom. The molecule has 0 saturated carbocycles. The first-order valence-corrected chi connectivity index (χ1v) is 7.42. The molecule has 4 rings (SSSR count). The minimum Gasteiger partial charge on any atom is -0.447 e. The van der Waals surface area contributed by atoms with E-state index in [2.05, 4.69) is 24.8 Å². The Bertz CT molecular complexity index is 858.